The van der Waals surface area contributed by atoms with Gasteiger partial charge in [-0.25, -0.2) is 4.98 Å². The number of amides is 1. The van der Waals surface area contributed by atoms with Crippen molar-refractivity contribution in [2.75, 3.05) is 13.1 Å². The van der Waals surface area contributed by atoms with Crippen LogP contribution in [0.15, 0.2) is 28.2 Å². The Balaban J connectivity index is 1.79. The van der Waals surface area contributed by atoms with Crippen LogP contribution in [-0.4, -0.2) is 40.1 Å². The van der Waals surface area contributed by atoms with E-state index < -0.39 is 6.10 Å². The third-order valence-electron chi connectivity index (χ3n) is 2.91. The molecular weight excluding hydrogens is 252 g/mol. The molecule has 1 amide bonds. The maximum Gasteiger partial charge on any atom is 0.273 e. The lowest BCUT2D eigenvalue weighted by Crippen LogP contribution is -2.29. The fourth-order valence-electron chi connectivity index (χ4n) is 1.97. The summed E-state index contributed by atoms with van der Waals surface area (Å²) in [6.45, 7) is 0.986. The van der Waals surface area contributed by atoms with Crippen LogP contribution < -0.4 is 0 Å². The Hall–Kier alpha value is -1.66. The zero-order valence-electron chi connectivity index (χ0n) is 9.57. The van der Waals surface area contributed by atoms with E-state index in [2.05, 4.69) is 4.98 Å². The van der Waals surface area contributed by atoms with Crippen LogP contribution in [0.2, 0.25) is 0 Å². The average Bonchev–Trinajstić information content (AvgIpc) is 3.09. The van der Waals surface area contributed by atoms with E-state index in [9.17, 15) is 9.90 Å². The van der Waals surface area contributed by atoms with Crippen LogP contribution in [0.3, 0.4) is 0 Å². The van der Waals surface area contributed by atoms with Crippen molar-refractivity contribution >= 4 is 17.2 Å². The fraction of sp³-hybridized carbons (Fsp3) is 0.333. The van der Waals surface area contributed by atoms with Gasteiger partial charge in [-0.2, -0.15) is 0 Å². The van der Waals surface area contributed by atoms with E-state index in [4.69, 9.17) is 4.42 Å². The van der Waals surface area contributed by atoms with Gasteiger partial charge >= 0.3 is 0 Å². The average molecular weight is 264 g/mol. The van der Waals surface area contributed by atoms with Crippen LogP contribution in [0.4, 0.5) is 0 Å². The first kappa shape index (κ1) is 11.4. The first-order chi connectivity index (χ1) is 8.74. The van der Waals surface area contributed by atoms with Gasteiger partial charge in [-0.1, -0.05) is 0 Å². The van der Waals surface area contributed by atoms with Gasteiger partial charge in [-0.05, 0) is 18.6 Å². The zero-order chi connectivity index (χ0) is 12.5. The Labute approximate surface area is 108 Å². The zero-order valence-corrected chi connectivity index (χ0v) is 10.4. The monoisotopic (exact) mass is 264 g/mol. The van der Waals surface area contributed by atoms with Crippen LogP contribution in [0.1, 0.15) is 16.9 Å². The second-order valence-electron chi connectivity index (χ2n) is 4.21. The predicted molar refractivity (Wildman–Crippen MR) is 66.3 cm³/mol. The number of nitrogens with zero attached hydrogens (tertiary/aromatic N) is 2. The van der Waals surface area contributed by atoms with Crippen molar-refractivity contribution in [3.63, 3.8) is 0 Å². The number of hydrogen-bond donors (Lipinski definition) is 1. The van der Waals surface area contributed by atoms with Gasteiger partial charge in [0.2, 0.25) is 0 Å². The Morgan fingerprint density at radius 2 is 2.50 bits per heavy atom. The van der Waals surface area contributed by atoms with E-state index in [0.717, 1.165) is 0 Å². The fourth-order valence-corrected chi connectivity index (χ4v) is 2.73. The second-order valence-corrected chi connectivity index (χ2v) is 5.07. The number of aliphatic hydroxyl groups excluding tert-OH is 1. The molecule has 94 valence electrons. The number of thiazole rings is 1. The van der Waals surface area contributed by atoms with Crippen molar-refractivity contribution < 1.29 is 14.3 Å². The third kappa shape index (κ3) is 2.04. The molecule has 1 aliphatic rings. The number of aliphatic hydroxyl groups is 1. The molecular formula is C12H12N2O3S. The van der Waals surface area contributed by atoms with Crippen molar-refractivity contribution in [3.8, 4) is 10.8 Å². The van der Waals surface area contributed by atoms with E-state index in [1.165, 1.54) is 11.3 Å². The quantitative estimate of drug-likeness (QED) is 0.895. The normalized spacial score (nSPS) is 19.4. The molecule has 1 fully saturated rings. The molecule has 2 aromatic heterocycles. The van der Waals surface area contributed by atoms with Crippen molar-refractivity contribution in [2.45, 2.75) is 12.5 Å². The summed E-state index contributed by atoms with van der Waals surface area (Å²) in [7, 11) is 0. The summed E-state index contributed by atoms with van der Waals surface area (Å²) in [5.74, 6) is 0.543. The van der Waals surface area contributed by atoms with Gasteiger partial charge in [0.1, 0.15) is 5.69 Å². The molecule has 0 spiro atoms. The second kappa shape index (κ2) is 4.55. The lowest BCUT2D eigenvalue weighted by Gasteiger charge is -2.13. The van der Waals surface area contributed by atoms with Crippen molar-refractivity contribution in [2.24, 2.45) is 0 Å². The molecule has 0 saturated carbocycles. The number of furan rings is 1. The van der Waals surface area contributed by atoms with Crippen LogP contribution >= 0.6 is 11.3 Å². The number of rotatable bonds is 2. The van der Waals surface area contributed by atoms with Crippen molar-refractivity contribution in [3.05, 3.63) is 29.5 Å². The summed E-state index contributed by atoms with van der Waals surface area (Å²) < 4.78 is 5.24. The lowest BCUT2D eigenvalue weighted by molar-refractivity contribution is 0.0760. The highest BCUT2D eigenvalue weighted by Crippen LogP contribution is 2.25. The SMILES string of the molecule is O=C(c1csc(-c2ccco2)n1)N1CC[C@@H](O)C1. The van der Waals surface area contributed by atoms with Crippen LogP contribution in [0.5, 0.6) is 0 Å². The molecule has 1 N–H and O–H groups in total. The summed E-state index contributed by atoms with van der Waals surface area (Å²) in [6.07, 6.45) is 1.81. The first-order valence-corrected chi connectivity index (χ1v) is 6.59. The largest absolute Gasteiger partial charge is 0.462 e. The van der Waals surface area contributed by atoms with Crippen LogP contribution in [0, 0.1) is 0 Å². The van der Waals surface area contributed by atoms with Gasteiger partial charge in [-0.3, -0.25) is 4.79 Å². The molecule has 18 heavy (non-hydrogen) atoms. The van der Waals surface area contributed by atoms with Gasteiger partial charge in [0, 0.05) is 18.5 Å². The van der Waals surface area contributed by atoms with Crippen LogP contribution in [0.25, 0.3) is 10.8 Å². The highest BCUT2D eigenvalue weighted by Gasteiger charge is 2.27. The Kier molecular flexibility index (Phi) is 2.89. The van der Waals surface area contributed by atoms with E-state index >= 15 is 0 Å². The molecule has 1 atom stereocenters. The van der Waals surface area contributed by atoms with Gasteiger partial charge in [0.25, 0.3) is 5.91 Å². The summed E-state index contributed by atoms with van der Waals surface area (Å²) in [6, 6.07) is 3.60. The molecule has 2 aromatic rings. The topological polar surface area (TPSA) is 66.6 Å². The highest BCUT2D eigenvalue weighted by atomic mass is 32.1. The number of hydrogen-bond acceptors (Lipinski definition) is 5. The van der Waals surface area contributed by atoms with Crippen LogP contribution in [-0.2, 0) is 0 Å². The van der Waals surface area contributed by atoms with Gasteiger partial charge in [0.05, 0.1) is 12.4 Å². The molecule has 3 rings (SSSR count). The summed E-state index contributed by atoms with van der Waals surface area (Å²) in [4.78, 5) is 18.0. The van der Waals surface area contributed by atoms with E-state index in [0.29, 0.717) is 36.0 Å². The minimum atomic E-state index is -0.405. The van der Waals surface area contributed by atoms with E-state index in [1.807, 2.05) is 6.07 Å². The molecule has 0 radical (unpaired) electrons. The molecule has 0 bridgehead atoms. The predicted octanol–water partition coefficient (Wildman–Crippen LogP) is 1.61. The van der Waals surface area contributed by atoms with Gasteiger partial charge < -0.3 is 14.4 Å². The number of carbonyl (C=O) groups excluding carboxylic acids is 1. The molecule has 0 aromatic carbocycles. The molecule has 0 unspecified atom stereocenters. The highest BCUT2D eigenvalue weighted by molar-refractivity contribution is 7.13. The van der Waals surface area contributed by atoms with E-state index in [1.54, 1.807) is 22.6 Å². The maximum absolute atomic E-state index is 12.1. The Bertz CT molecular complexity index is 549. The first-order valence-electron chi connectivity index (χ1n) is 5.71. The molecule has 5 nitrogen and oxygen atoms in total. The molecule has 1 aliphatic heterocycles. The smallest absolute Gasteiger partial charge is 0.273 e. The molecule has 0 aliphatic carbocycles. The maximum atomic E-state index is 12.1. The van der Waals surface area contributed by atoms with E-state index in [-0.39, 0.29) is 5.91 Å². The Morgan fingerprint density at radius 1 is 1.61 bits per heavy atom. The molecule has 3 heterocycles. The minimum absolute atomic E-state index is 0.124. The summed E-state index contributed by atoms with van der Waals surface area (Å²) in [5.41, 5.74) is 0.417. The number of carbonyl (C=O) groups is 1. The number of β-amino-alcohol motifs (C(OH)–C–C–N with tert-alkyl or cyclic N) is 1. The molecule has 1 saturated heterocycles. The number of aromatic nitrogens is 1. The summed E-state index contributed by atoms with van der Waals surface area (Å²) >= 11 is 1.38. The minimum Gasteiger partial charge on any atom is -0.462 e. The van der Waals surface area contributed by atoms with Gasteiger partial charge in [0.15, 0.2) is 10.8 Å². The Morgan fingerprint density at radius 3 is 3.17 bits per heavy atom. The van der Waals surface area contributed by atoms with Crippen molar-refractivity contribution in [1.82, 2.24) is 9.88 Å². The molecule has 6 heteroatoms. The van der Waals surface area contributed by atoms with Gasteiger partial charge in [-0.15, -0.1) is 11.3 Å². The van der Waals surface area contributed by atoms with Crippen molar-refractivity contribution in [1.29, 1.82) is 0 Å². The number of likely N-dealkylation sites (tertiary alicyclic amines) is 1. The lowest BCUT2D eigenvalue weighted by atomic mass is 10.3. The third-order valence-corrected chi connectivity index (χ3v) is 3.76. The summed E-state index contributed by atoms with van der Waals surface area (Å²) in [5, 5.41) is 11.8. The standard InChI is InChI=1S/C12H12N2O3S/c15-8-3-4-14(6-8)12(16)9-7-18-11(13-9)10-2-1-5-17-10/h1-2,5,7-8,15H,3-4,6H2/t8-/m1/s1.